The van der Waals surface area contributed by atoms with E-state index >= 15 is 0 Å². The van der Waals surface area contributed by atoms with E-state index < -0.39 is 17.9 Å². The highest BCUT2D eigenvalue weighted by atomic mass is 16.2. The Kier molecular flexibility index (Phi) is 3.27. The van der Waals surface area contributed by atoms with Crippen LogP contribution in [0.15, 0.2) is 30.3 Å². The first-order valence-electron chi connectivity index (χ1n) is 5.55. The van der Waals surface area contributed by atoms with E-state index in [1.165, 1.54) is 4.90 Å². The van der Waals surface area contributed by atoms with Crippen LogP contribution in [-0.4, -0.2) is 29.2 Å². The minimum Gasteiger partial charge on any atom is -0.387 e. The molecule has 2 rings (SSSR count). The number of amidine groups is 1. The molecule has 0 bridgehead atoms. The highest BCUT2D eigenvalue weighted by Gasteiger charge is 2.33. The van der Waals surface area contributed by atoms with Gasteiger partial charge < -0.3 is 10.6 Å². The lowest BCUT2D eigenvalue weighted by Gasteiger charge is -2.31. The van der Waals surface area contributed by atoms with Gasteiger partial charge >= 0.3 is 6.03 Å². The fourth-order valence-corrected chi connectivity index (χ4v) is 1.84. The van der Waals surface area contributed by atoms with Crippen molar-refractivity contribution in [3.63, 3.8) is 0 Å². The largest absolute Gasteiger partial charge is 0.387 e. The quantitative estimate of drug-likeness (QED) is 0.528. The number of imide groups is 1. The molecule has 1 fully saturated rings. The third kappa shape index (κ3) is 2.48. The Morgan fingerprint density at radius 3 is 2.67 bits per heavy atom. The molecular formula is C12H14N4O2. The van der Waals surface area contributed by atoms with Crippen LogP contribution in [0.4, 0.5) is 4.79 Å². The number of hydrogen-bond acceptors (Lipinski definition) is 3. The van der Waals surface area contributed by atoms with E-state index in [9.17, 15) is 9.59 Å². The molecule has 3 amide bonds. The number of nitrogens with two attached hydrogens (primary N) is 1. The molecule has 1 heterocycles. The smallest absolute Gasteiger partial charge is 0.324 e. The van der Waals surface area contributed by atoms with Gasteiger partial charge in [-0.15, -0.1) is 0 Å². The summed E-state index contributed by atoms with van der Waals surface area (Å²) in [6.07, 6.45) is 0. The summed E-state index contributed by atoms with van der Waals surface area (Å²) >= 11 is 0. The van der Waals surface area contributed by atoms with Gasteiger partial charge in [-0.05, 0) is 5.56 Å². The van der Waals surface area contributed by atoms with Crippen LogP contribution in [0.5, 0.6) is 0 Å². The normalized spacial score (nSPS) is 19.6. The zero-order valence-corrected chi connectivity index (χ0v) is 9.72. The van der Waals surface area contributed by atoms with E-state index in [1.807, 2.05) is 30.3 Å². The lowest BCUT2D eigenvalue weighted by Crippen LogP contribution is -2.57. The second-order valence-electron chi connectivity index (χ2n) is 4.17. The number of amides is 3. The van der Waals surface area contributed by atoms with E-state index in [2.05, 4.69) is 5.32 Å². The predicted molar refractivity (Wildman–Crippen MR) is 65.8 cm³/mol. The van der Waals surface area contributed by atoms with Gasteiger partial charge in [-0.3, -0.25) is 15.5 Å². The van der Waals surface area contributed by atoms with E-state index in [0.29, 0.717) is 6.54 Å². The molecule has 1 aromatic rings. The maximum absolute atomic E-state index is 11.7. The SMILES string of the molecule is N=C(N)[C@H]1CN(Cc2ccccc2)C(=O)NC1=O. The Morgan fingerprint density at radius 2 is 2.06 bits per heavy atom. The second kappa shape index (κ2) is 4.87. The number of urea groups is 1. The fourth-order valence-electron chi connectivity index (χ4n) is 1.84. The van der Waals surface area contributed by atoms with Gasteiger partial charge in [0.05, 0.1) is 0 Å². The highest BCUT2D eigenvalue weighted by molar-refractivity contribution is 6.08. The van der Waals surface area contributed by atoms with Crippen LogP contribution in [0.1, 0.15) is 5.56 Å². The van der Waals surface area contributed by atoms with Crippen LogP contribution in [0.3, 0.4) is 0 Å². The molecule has 0 radical (unpaired) electrons. The van der Waals surface area contributed by atoms with Crippen molar-refractivity contribution in [1.82, 2.24) is 10.2 Å². The van der Waals surface area contributed by atoms with Gasteiger partial charge in [-0.25, -0.2) is 4.79 Å². The van der Waals surface area contributed by atoms with Gasteiger partial charge in [0.1, 0.15) is 11.8 Å². The van der Waals surface area contributed by atoms with Crippen LogP contribution in [0.25, 0.3) is 0 Å². The molecule has 1 saturated heterocycles. The number of carbonyl (C=O) groups excluding carboxylic acids is 2. The number of rotatable bonds is 3. The van der Waals surface area contributed by atoms with E-state index in [0.717, 1.165) is 5.56 Å². The van der Waals surface area contributed by atoms with Crippen LogP contribution in [0, 0.1) is 11.3 Å². The first-order valence-corrected chi connectivity index (χ1v) is 5.55. The summed E-state index contributed by atoms with van der Waals surface area (Å²) in [6.45, 7) is 0.540. The molecule has 0 aromatic heterocycles. The molecule has 6 nitrogen and oxygen atoms in total. The average Bonchev–Trinajstić information content (AvgIpc) is 2.33. The lowest BCUT2D eigenvalue weighted by molar-refractivity contribution is -0.123. The fraction of sp³-hybridized carbons (Fsp3) is 0.250. The van der Waals surface area contributed by atoms with Crippen LogP contribution in [0.2, 0.25) is 0 Å². The Labute approximate surface area is 104 Å². The molecule has 0 spiro atoms. The van der Waals surface area contributed by atoms with E-state index in [-0.39, 0.29) is 12.4 Å². The molecular weight excluding hydrogens is 232 g/mol. The third-order valence-corrected chi connectivity index (χ3v) is 2.83. The van der Waals surface area contributed by atoms with Gasteiger partial charge in [0, 0.05) is 13.1 Å². The number of benzene rings is 1. The highest BCUT2D eigenvalue weighted by Crippen LogP contribution is 2.12. The molecule has 18 heavy (non-hydrogen) atoms. The monoisotopic (exact) mass is 246 g/mol. The molecule has 1 atom stereocenters. The zero-order valence-electron chi connectivity index (χ0n) is 9.72. The molecule has 94 valence electrons. The maximum atomic E-state index is 11.7. The van der Waals surface area contributed by atoms with Gasteiger partial charge in [-0.1, -0.05) is 30.3 Å². The Bertz CT molecular complexity index is 486. The van der Waals surface area contributed by atoms with Crippen molar-refractivity contribution in [2.24, 2.45) is 11.7 Å². The molecule has 6 heteroatoms. The summed E-state index contributed by atoms with van der Waals surface area (Å²) in [5.74, 6) is -1.48. The van der Waals surface area contributed by atoms with Gasteiger partial charge in [0.2, 0.25) is 5.91 Å². The molecule has 1 aliphatic heterocycles. The number of carbonyl (C=O) groups is 2. The standard InChI is InChI=1S/C12H14N4O2/c13-10(14)9-7-16(12(18)15-11(9)17)6-8-4-2-1-3-5-8/h1-5,9H,6-7H2,(H3,13,14)(H,15,17,18)/t9-/m1/s1. The zero-order chi connectivity index (χ0) is 13.1. The van der Waals surface area contributed by atoms with Crippen molar-refractivity contribution in [2.75, 3.05) is 6.54 Å². The Morgan fingerprint density at radius 1 is 1.39 bits per heavy atom. The van der Waals surface area contributed by atoms with Crippen molar-refractivity contribution in [3.05, 3.63) is 35.9 Å². The topological polar surface area (TPSA) is 99.3 Å². The van der Waals surface area contributed by atoms with Crippen molar-refractivity contribution in [3.8, 4) is 0 Å². The van der Waals surface area contributed by atoms with Crippen molar-refractivity contribution in [1.29, 1.82) is 5.41 Å². The third-order valence-electron chi connectivity index (χ3n) is 2.83. The van der Waals surface area contributed by atoms with Gasteiger partial charge in [0.25, 0.3) is 0 Å². The summed E-state index contributed by atoms with van der Waals surface area (Å²) < 4.78 is 0. The van der Waals surface area contributed by atoms with Gasteiger partial charge in [0.15, 0.2) is 0 Å². The van der Waals surface area contributed by atoms with Crippen LogP contribution >= 0.6 is 0 Å². The Hall–Kier alpha value is -2.37. The molecule has 0 unspecified atom stereocenters. The molecule has 1 aromatic carbocycles. The van der Waals surface area contributed by atoms with E-state index in [4.69, 9.17) is 11.1 Å². The number of nitrogens with zero attached hydrogens (tertiary/aromatic N) is 1. The molecule has 0 saturated carbocycles. The Balaban J connectivity index is 2.10. The minimum atomic E-state index is -0.758. The number of hydrogen-bond donors (Lipinski definition) is 3. The lowest BCUT2D eigenvalue weighted by atomic mass is 10.0. The second-order valence-corrected chi connectivity index (χ2v) is 4.17. The number of nitrogens with one attached hydrogen (secondary N) is 2. The maximum Gasteiger partial charge on any atom is 0.324 e. The molecule has 0 aliphatic carbocycles. The molecule has 1 aliphatic rings. The van der Waals surface area contributed by atoms with Crippen molar-refractivity contribution in [2.45, 2.75) is 6.54 Å². The predicted octanol–water partition coefficient (Wildman–Crippen LogP) is 0.291. The molecule has 4 N–H and O–H groups in total. The minimum absolute atomic E-state index is 0.148. The summed E-state index contributed by atoms with van der Waals surface area (Å²) in [4.78, 5) is 24.6. The van der Waals surface area contributed by atoms with E-state index in [1.54, 1.807) is 0 Å². The average molecular weight is 246 g/mol. The first kappa shape index (κ1) is 12.1. The van der Waals surface area contributed by atoms with Crippen LogP contribution in [-0.2, 0) is 11.3 Å². The van der Waals surface area contributed by atoms with Crippen molar-refractivity contribution >= 4 is 17.8 Å². The summed E-state index contributed by atoms with van der Waals surface area (Å²) in [6, 6.07) is 9.00. The van der Waals surface area contributed by atoms with Gasteiger partial charge in [-0.2, -0.15) is 0 Å². The van der Waals surface area contributed by atoms with Crippen molar-refractivity contribution < 1.29 is 9.59 Å². The van der Waals surface area contributed by atoms with Crippen LogP contribution < -0.4 is 11.1 Å². The summed E-state index contributed by atoms with van der Waals surface area (Å²) in [5, 5.41) is 9.54. The summed E-state index contributed by atoms with van der Waals surface area (Å²) in [7, 11) is 0. The first-order chi connectivity index (χ1) is 8.58. The summed E-state index contributed by atoms with van der Waals surface area (Å²) in [5.41, 5.74) is 6.31.